The van der Waals surface area contributed by atoms with Gasteiger partial charge in [-0.25, -0.2) is 9.97 Å². The molecule has 7 heteroatoms. The first-order chi connectivity index (χ1) is 11.0. The number of nitrogens with one attached hydrogen (secondary N) is 1. The van der Waals surface area contributed by atoms with Gasteiger partial charge in [-0.1, -0.05) is 13.8 Å². The number of aromatic nitrogens is 4. The van der Waals surface area contributed by atoms with Crippen LogP contribution in [0.5, 0.6) is 0 Å². The van der Waals surface area contributed by atoms with Gasteiger partial charge in [0.05, 0.1) is 18.4 Å². The van der Waals surface area contributed by atoms with Crippen LogP contribution in [0, 0.1) is 12.8 Å². The molecular formula is C16H19N5O2. The number of rotatable bonds is 5. The van der Waals surface area contributed by atoms with Crippen LogP contribution in [0.4, 0.5) is 0 Å². The second kappa shape index (κ2) is 6.20. The van der Waals surface area contributed by atoms with Crippen molar-refractivity contribution >= 4 is 11.6 Å². The predicted molar refractivity (Wildman–Crippen MR) is 84.8 cm³/mol. The molecule has 0 radical (unpaired) electrons. The average molecular weight is 313 g/mol. The number of carbonyl (C=O) groups is 1. The van der Waals surface area contributed by atoms with Crippen molar-refractivity contribution in [2.45, 2.75) is 27.2 Å². The van der Waals surface area contributed by atoms with E-state index in [1.165, 1.54) is 0 Å². The maximum Gasteiger partial charge on any atom is 0.226 e. The van der Waals surface area contributed by atoms with Crippen LogP contribution < -0.4 is 5.32 Å². The van der Waals surface area contributed by atoms with E-state index in [1.807, 2.05) is 6.92 Å². The van der Waals surface area contributed by atoms with E-state index in [1.54, 1.807) is 29.0 Å². The molecule has 0 atom stereocenters. The number of hydrogen-bond acceptors (Lipinski definition) is 5. The van der Waals surface area contributed by atoms with E-state index in [0.717, 1.165) is 0 Å². The smallest absolute Gasteiger partial charge is 0.226 e. The molecule has 3 aromatic rings. The molecule has 23 heavy (non-hydrogen) atoms. The summed E-state index contributed by atoms with van der Waals surface area (Å²) in [5, 5.41) is 7.22. The number of furan rings is 1. The SMILES string of the molecule is Cc1nc2cc(CC(=O)NCC(C)C)nc(-c3ccco3)n2n1. The molecule has 0 aliphatic rings. The van der Waals surface area contributed by atoms with Crippen molar-refractivity contribution in [2.75, 3.05) is 6.54 Å². The molecule has 3 rings (SSSR count). The predicted octanol–water partition coefficient (Wildman–Crippen LogP) is 2.01. The number of fused-ring (bicyclic) bond motifs is 1. The summed E-state index contributed by atoms with van der Waals surface area (Å²) in [7, 11) is 0. The van der Waals surface area contributed by atoms with Crippen molar-refractivity contribution in [2.24, 2.45) is 5.92 Å². The minimum Gasteiger partial charge on any atom is -0.461 e. The Morgan fingerprint density at radius 1 is 1.39 bits per heavy atom. The van der Waals surface area contributed by atoms with E-state index in [-0.39, 0.29) is 12.3 Å². The fourth-order valence-corrected chi connectivity index (χ4v) is 2.25. The number of carbonyl (C=O) groups excluding carboxylic acids is 1. The van der Waals surface area contributed by atoms with Crippen molar-refractivity contribution in [3.63, 3.8) is 0 Å². The zero-order chi connectivity index (χ0) is 16.4. The van der Waals surface area contributed by atoms with Crippen LogP contribution in [0.3, 0.4) is 0 Å². The number of aryl methyl sites for hydroxylation is 1. The molecular weight excluding hydrogens is 294 g/mol. The first kappa shape index (κ1) is 15.2. The van der Waals surface area contributed by atoms with E-state index in [2.05, 4.69) is 34.2 Å². The van der Waals surface area contributed by atoms with Gasteiger partial charge in [-0.15, -0.1) is 5.10 Å². The van der Waals surface area contributed by atoms with E-state index in [0.29, 0.717) is 41.2 Å². The molecule has 120 valence electrons. The molecule has 0 unspecified atom stereocenters. The Balaban J connectivity index is 1.94. The summed E-state index contributed by atoms with van der Waals surface area (Å²) in [6.07, 6.45) is 1.78. The van der Waals surface area contributed by atoms with Gasteiger partial charge in [0.25, 0.3) is 0 Å². The highest BCUT2D eigenvalue weighted by Crippen LogP contribution is 2.19. The summed E-state index contributed by atoms with van der Waals surface area (Å²) >= 11 is 0. The van der Waals surface area contributed by atoms with Crippen molar-refractivity contribution in [3.05, 3.63) is 36.0 Å². The van der Waals surface area contributed by atoms with Crippen molar-refractivity contribution in [1.82, 2.24) is 24.9 Å². The molecule has 0 saturated heterocycles. The molecule has 3 heterocycles. The number of hydrogen-bond donors (Lipinski definition) is 1. The van der Waals surface area contributed by atoms with Gasteiger partial charge in [0.15, 0.2) is 17.2 Å². The van der Waals surface area contributed by atoms with Gasteiger partial charge in [0.1, 0.15) is 5.82 Å². The molecule has 0 spiro atoms. The third kappa shape index (κ3) is 3.39. The first-order valence-electron chi connectivity index (χ1n) is 7.57. The van der Waals surface area contributed by atoms with E-state index < -0.39 is 0 Å². The van der Waals surface area contributed by atoms with Crippen LogP contribution in [0.2, 0.25) is 0 Å². The van der Waals surface area contributed by atoms with Gasteiger partial charge in [0, 0.05) is 12.6 Å². The van der Waals surface area contributed by atoms with Crippen LogP contribution in [-0.2, 0) is 11.2 Å². The molecule has 0 saturated carbocycles. The molecule has 0 bridgehead atoms. The third-order valence-electron chi connectivity index (χ3n) is 3.27. The lowest BCUT2D eigenvalue weighted by Gasteiger charge is -2.08. The standard InChI is InChI=1S/C16H19N5O2/c1-10(2)9-17-15(22)8-12-7-14-18-11(3)20-21(14)16(19-12)13-5-4-6-23-13/h4-7,10H,8-9H2,1-3H3,(H,17,22). The quantitative estimate of drug-likeness (QED) is 0.778. The summed E-state index contributed by atoms with van der Waals surface area (Å²) in [6, 6.07) is 5.37. The third-order valence-corrected chi connectivity index (χ3v) is 3.27. The summed E-state index contributed by atoms with van der Waals surface area (Å²) in [6.45, 7) is 6.57. The molecule has 3 aromatic heterocycles. The monoisotopic (exact) mass is 313 g/mol. The lowest BCUT2D eigenvalue weighted by atomic mass is 10.2. The number of nitrogens with zero attached hydrogens (tertiary/aromatic N) is 4. The molecule has 0 aliphatic carbocycles. The van der Waals surface area contributed by atoms with Crippen molar-refractivity contribution < 1.29 is 9.21 Å². The molecule has 1 amide bonds. The maximum atomic E-state index is 12.0. The van der Waals surface area contributed by atoms with Crippen LogP contribution in [0.15, 0.2) is 28.9 Å². The summed E-state index contributed by atoms with van der Waals surface area (Å²) < 4.78 is 7.05. The van der Waals surface area contributed by atoms with Crippen LogP contribution in [0.1, 0.15) is 25.4 Å². The van der Waals surface area contributed by atoms with Gasteiger partial charge in [-0.3, -0.25) is 4.79 Å². The van der Waals surface area contributed by atoms with Crippen LogP contribution in [0.25, 0.3) is 17.2 Å². The normalized spacial score (nSPS) is 11.3. The Labute approximate surface area is 133 Å². The van der Waals surface area contributed by atoms with Gasteiger partial charge >= 0.3 is 0 Å². The fourth-order valence-electron chi connectivity index (χ4n) is 2.25. The average Bonchev–Trinajstić information content (AvgIpc) is 3.12. The van der Waals surface area contributed by atoms with E-state index >= 15 is 0 Å². The minimum atomic E-state index is -0.0582. The maximum absolute atomic E-state index is 12.0. The molecule has 0 aliphatic heterocycles. The highest BCUT2D eigenvalue weighted by molar-refractivity contribution is 5.78. The molecule has 1 N–H and O–H groups in total. The Kier molecular flexibility index (Phi) is 4.10. The highest BCUT2D eigenvalue weighted by Gasteiger charge is 2.15. The summed E-state index contributed by atoms with van der Waals surface area (Å²) in [5.41, 5.74) is 1.29. The Hall–Kier alpha value is -2.70. The summed E-state index contributed by atoms with van der Waals surface area (Å²) in [4.78, 5) is 20.9. The second-order valence-electron chi connectivity index (χ2n) is 5.85. The lowest BCUT2D eigenvalue weighted by Crippen LogP contribution is -2.29. The first-order valence-corrected chi connectivity index (χ1v) is 7.57. The molecule has 0 aromatic carbocycles. The zero-order valence-corrected chi connectivity index (χ0v) is 13.4. The van der Waals surface area contributed by atoms with Gasteiger partial charge in [0.2, 0.25) is 5.91 Å². The van der Waals surface area contributed by atoms with Crippen molar-refractivity contribution in [1.29, 1.82) is 0 Å². The molecule has 0 fully saturated rings. The summed E-state index contributed by atoms with van der Waals surface area (Å²) in [5.74, 6) is 2.12. The number of amides is 1. The second-order valence-corrected chi connectivity index (χ2v) is 5.85. The van der Waals surface area contributed by atoms with Gasteiger partial charge in [-0.2, -0.15) is 4.52 Å². The van der Waals surface area contributed by atoms with E-state index in [9.17, 15) is 4.79 Å². The van der Waals surface area contributed by atoms with E-state index in [4.69, 9.17) is 4.42 Å². The Morgan fingerprint density at radius 3 is 2.91 bits per heavy atom. The topological polar surface area (TPSA) is 85.3 Å². The van der Waals surface area contributed by atoms with Gasteiger partial charge < -0.3 is 9.73 Å². The highest BCUT2D eigenvalue weighted by atomic mass is 16.3. The van der Waals surface area contributed by atoms with Crippen molar-refractivity contribution in [3.8, 4) is 11.6 Å². The fraction of sp³-hybridized carbons (Fsp3) is 0.375. The largest absolute Gasteiger partial charge is 0.461 e. The zero-order valence-electron chi connectivity index (χ0n) is 13.4. The lowest BCUT2D eigenvalue weighted by molar-refractivity contribution is -0.120. The Morgan fingerprint density at radius 2 is 2.22 bits per heavy atom. The van der Waals surface area contributed by atoms with Crippen LogP contribution >= 0.6 is 0 Å². The Bertz CT molecular complexity index is 820. The minimum absolute atomic E-state index is 0.0582. The molecule has 7 nitrogen and oxygen atoms in total. The van der Waals surface area contributed by atoms with Crippen LogP contribution in [-0.4, -0.2) is 32.0 Å². The van der Waals surface area contributed by atoms with Gasteiger partial charge in [-0.05, 0) is 25.0 Å².